The van der Waals surface area contributed by atoms with E-state index >= 15 is 0 Å². The van der Waals surface area contributed by atoms with E-state index in [2.05, 4.69) is 24.1 Å². The van der Waals surface area contributed by atoms with Crippen LogP contribution in [0.4, 0.5) is 4.79 Å². The molecule has 3 rings (SSSR count). The average molecular weight is 342 g/mol. The molecule has 1 aliphatic carbocycles. The Morgan fingerprint density at radius 2 is 1.88 bits per heavy atom. The highest BCUT2D eigenvalue weighted by atomic mass is 16.5. The molecular weight excluding hydrogens is 316 g/mol. The van der Waals surface area contributed by atoms with E-state index < -0.39 is 12.0 Å². The number of ether oxygens (including phenoxy) is 1. The lowest BCUT2D eigenvalue weighted by atomic mass is 9.88. The molecule has 134 valence electrons. The molecule has 0 radical (unpaired) electrons. The molecule has 1 saturated heterocycles. The van der Waals surface area contributed by atoms with Crippen molar-refractivity contribution in [3.05, 3.63) is 47.7 Å². The van der Waals surface area contributed by atoms with Crippen LogP contribution >= 0.6 is 0 Å². The summed E-state index contributed by atoms with van der Waals surface area (Å²) in [6, 6.07) is 7.18. The van der Waals surface area contributed by atoms with E-state index in [9.17, 15) is 9.59 Å². The van der Waals surface area contributed by atoms with E-state index in [1.54, 1.807) is 0 Å². The minimum Gasteiger partial charge on any atom is -0.462 e. The van der Waals surface area contributed by atoms with E-state index in [1.165, 1.54) is 12.0 Å². The lowest BCUT2D eigenvalue weighted by Gasteiger charge is -2.34. The summed E-state index contributed by atoms with van der Waals surface area (Å²) in [6.45, 7) is 5.99. The standard InChI is InChI=1S/C20H26N2O3/c1-3-14-9-11-15(12-10-14)18-17(13(2)21-20(24)22-18)19(23)25-16-7-5-4-6-8-16/h9-12,16-18H,2-8H2,1H3,(H2,21,22,24). The molecule has 2 fully saturated rings. The summed E-state index contributed by atoms with van der Waals surface area (Å²) in [5.74, 6) is -0.930. The molecule has 2 atom stereocenters. The highest BCUT2D eigenvalue weighted by Crippen LogP contribution is 2.32. The molecule has 2 N–H and O–H groups in total. The summed E-state index contributed by atoms with van der Waals surface area (Å²) in [5, 5.41) is 5.48. The van der Waals surface area contributed by atoms with Crippen LogP contribution in [0.1, 0.15) is 56.2 Å². The van der Waals surface area contributed by atoms with Gasteiger partial charge in [0.2, 0.25) is 0 Å². The van der Waals surface area contributed by atoms with Crippen molar-refractivity contribution in [1.82, 2.24) is 10.6 Å². The Morgan fingerprint density at radius 1 is 1.20 bits per heavy atom. The summed E-state index contributed by atoms with van der Waals surface area (Å²) < 4.78 is 5.74. The minimum atomic E-state index is -0.618. The van der Waals surface area contributed by atoms with Crippen LogP contribution in [0.3, 0.4) is 0 Å². The van der Waals surface area contributed by atoms with Gasteiger partial charge in [-0.05, 0) is 43.2 Å². The SMILES string of the molecule is C=C1NC(=O)NC(c2ccc(CC)cc2)C1C(=O)OC1CCCCC1. The largest absolute Gasteiger partial charge is 0.462 e. The van der Waals surface area contributed by atoms with Gasteiger partial charge in [-0.15, -0.1) is 0 Å². The van der Waals surface area contributed by atoms with E-state index in [0.717, 1.165) is 37.7 Å². The number of esters is 1. The number of hydrogen-bond donors (Lipinski definition) is 2. The van der Waals surface area contributed by atoms with Gasteiger partial charge in [-0.1, -0.05) is 44.2 Å². The molecule has 2 amide bonds. The van der Waals surface area contributed by atoms with Gasteiger partial charge in [0, 0.05) is 5.70 Å². The van der Waals surface area contributed by atoms with Gasteiger partial charge in [0.15, 0.2) is 0 Å². The first-order chi connectivity index (χ1) is 12.1. The van der Waals surface area contributed by atoms with E-state index in [-0.39, 0.29) is 18.1 Å². The fourth-order valence-electron chi connectivity index (χ4n) is 3.62. The Hall–Kier alpha value is -2.30. The molecule has 1 aromatic carbocycles. The number of hydrogen-bond acceptors (Lipinski definition) is 3. The Bertz CT molecular complexity index is 647. The predicted molar refractivity (Wildman–Crippen MR) is 95.8 cm³/mol. The molecule has 25 heavy (non-hydrogen) atoms. The zero-order valence-electron chi connectivity index (χ0n) is 14.7. The first-order valence-corrected chi connectivity index (χ1v) is 9.14. The van der Waals surface area contributed by atoms with Gasteiger partial charge in [0.05, 0.1) is 6.04 Å². The van der Waals surface area contributed by atoms with E-state index in [4.69, 9.17) is 4.74 Å². The number of carbonyl (C=O) groups is 2. The van der Waals surface area contributed by atoms with E-state index in [1.807, 2.05) is 24.3 Å². The number of rotatable bonds is 4. The number of amides is 2. The Balaban J connectivity index is 1.80. The normalized spacial score (nSPS) is 24.4. The molecule has 0 bridgehead atoms. The molecule has 2 aliphatic rings. The highest BCUT2D eigenvalue weighted by molar-refractivity contribution is 5.85. The van der Waals surface area contributed by atoms with Gasteiger partial charge in [-0.25, -0.2) is 4.79 Å². The topological polar surface area (TPSA) is 67.4 Å². The molecule has 2 unspecified atom stereocenters. The van der Waals surface area contributed by atoms with Crippen molar-refractivity contribution >= 4 is 12.0 Å². The molecule has 1 aromatic rings. The highest BCUT2D eigenvalue weighted by Gasteiger charge is 2.39. The average Bonchev–Trinajstić information content (AvgIpc) is 2.62. The van der Waals surface area contributed by atoms with Crippen molar-refractivity contribution in [3.63, 3.8) is 0 Å². The zero-order valence-corrected chi connectivity index (χ0v) is 14.7. The third-order valence-corrected chi connectivity index (χ3v) is 5.11. The molecular formula is C20H26N2O3. The maximum atomic E-state index is 12.8. The fourth-order valence-corrected chi connectivity index (χ4v) is 3.62. The van der Waals surface area contributed by atoms with Crippen molar-refractivity contribution in [3.8, 4) is 0 Å². The second-order valence-corrected chi connectivity index (χ2v) is 6.87. The molecule has 5 nitrogen and oxygen atoms in total. The first kappa shape index (κ1) is 17.5. The van der Waals surface area contributed by atoms with Gasteiger partial charge in [0.25, 0.3) is 0 Å². The lowest BCUT2D eigenvalue weighted by molar-refractivity contribution is -0.155. The zero-order chi connectivity index (χ0) is 17.8. The predicted octanol–water partition coefficient (Wildman–Crippen LogP) is 3.61. The minimum absolute atomic E-state index is 0.0187. The van der Waals surface area contributed by atoms with Crippen LogP contribution in [-0.2, 0) is 16.0 Å². The van der Waals surface area contributed by atoms with E-state index in [0.29, 0.717) is 5.70 Å². The maximum Gasteiger partial charge on any atom is 0.319 e. The molecule has 0 aromatic heterocycles. The van der Waals surface area contributed by atoms with Crippen molar-refractivity contribution in [1.29, 1.82) is 0 Å². The first-order valence-electron chi connectivity index (χ1n) is 9.14. The third kappa shape index (κ3) is 4.03. The van der Waals surface area contributed by atoms with Crippen molar-refractivity contribution in [2.45, 2.75) is 57.6 Å². The van der Waals surface area contributed by atoms with Crippen LogP contribution in [-0.4, -0.2) is 18.1 Å². The van der Waals surface area contributed by atoms with Gasteiger partial charge in [0.1, 0.15) is 12.0 Å². The second-order valence-electron chi connectivity index (χ2n) is 6.87. The molecule has 1 heterocycles. The van der Waals surface area contributed by atoms with Crippen LogP contribution in [0.5, 0.6) is 0 Å². The van der Waals surface area contributed by atoms with Gasteiger partial charge in [-0.3, -0.25) is 4.79 Å². The second kappa shape index (κ2) is 7.72. The number of carbonyl (C=O) groups excluding carboxylic acids is 2. The number of aryl methyl sites for hydroxylation is 1. The number of urea groups is 1. The van der Waals surface area contributed by atoms with Crippen LogP contribution < -0.4 is 10.6 Å². The van der Waals surface area contributed by atoms with Crippen molar-refractivity contribution in [2.24, 2.45) is 5.92 Å². The number of benzene rings is 1. The summed E-state index contributed by atoms with van der Waals surface area (Å²) in [6.07, 6.45) is 6.16. The molecule has 0 spiro atoms. The van der Waals surface area contributed by atoms with Crippen LogP contribution in [0.2, 0.25) is 0 Å². The van der Waals surface area contributed by atoms with Crippen molar-refractivity contribution < 1.29 is 14.3 Å². The van der Waals surface area contributed by atoms with Crippen LogP contribution in [0, 0.1) is 5.92 Å². The summed E-state index contributed by atoms with van der Waals surface area (Å²) in [4.78, 5) is 24.7. The monoisotopic (exact) mass is 342 g/mol. The molecule has 1 saturated carbocycles. The summed E-state index contributed by atoms with van der Waals surface area (Å²) in [7, 11) is 0. The smallest absolute Gasteiger partial charge is 0.319 e. The summed E-state index contributed by atoms with van der Waals surface area (Å²) in [5.41, 5.74) is 2.50. The quantitative estimate of drug-likeness (QED) is 0.822. The lowest BCUT2D eigenvalue weighted by Crippen LogP contribution is -2.51. The third-order valence-electron chi connectivity index (χ3n) is 5.11. The van der Waals surface area contributed by atoms with Gasteiger partial charge in [-0.2, -0.15) is 0 Å². The Morgan fingerprint density at radius 3 is 2.52 bits per heavy atom. The van der Waals surface area contributed by atoms with Crippen molar-refractivity contribution in [2.75, 3.05) is 0 Å². The number of nitrogens with one attached hydrogen (secondary N) is 2. The molecule has 5 heteroatoms. The van der Waals surface area contributed by atoms with Crippen LogP contribution in [0.25, 0.3) is 0 Å². The maximum absolute atomic E-state index is 12.8. The summed E-state index contributed by atoms with van der Waals surface area (Å²) >= 11 is 0. The van der Waals surface area contributed by atoms with Crippen LogP contribution in [0.15, 0.2) is 36.5 Å². The Labute approximate surface area is 148 Å². The fraction of sp³-hybridized carbons (Fsp3) is 0.500. The molecule has 1 aliphatic heterocycles. The Kier molecular flexibility index (Phi) is 5.41. The van der Waals surface area contributed by atoms with Gasteiger partial charge < -0.3 is 15.4 Å². The van der Waals surface area contributed by atoms with Gasteiger partial charge >= 0.3 is 12.0 Å².